The van der Waals surface area contributed by atoms with Crippen LogP contribution in [0.5, 0.6) is 0 Å². The lowest BCUT2D eigenvalue weighted by molar-refractivity contribution is -0.112. The summed E-state index contributed by atoms with van der Waals surface area (Å²) in [5.41, 5.74) is 0. The number of hydrogen-bond acceptors (Lipinski definition) is 2. The summed E-state index contributed by atoms with van der Waals surface area (Å²) in [5, 5.41) is 0. The monoisotopic (exact) mass is 140 g/mol. The van der Waals surface area contributed by atoms with Crippen LogP contribution in [0.4, 0.5) is 0 Å². The zero-order valence-electron chi connectivity index (χ0n) is 6.17. The van der Waals surface area contributed by atoms with Crippen molar-refractivity contribution < 1.29 is 9.53 Å². The van der Waals surface area contributed by atoms with Gasteiger partial charge < -0.3 is 4.74 Å². The molecule has 0 saturated carbocycles. The van der Waals surface area contributed by atoms with Gasteiger partial charge in [-0.1, -0.05) is 12.2 Å². The third-order valence-corrected chi connectivity index (χ3v) is 0.802. The lowest BCUT2D eigenvalue weighted by atomic mass is 10.4. The molecule has 0 N–H and O–H groups in total. The Hall–Kier alpha value is -0.890. The number of ketones is 1. The van der Waals surface area contributed by atoms with E-state index in [1.165, 1.54) is 13.0 Å². The van der Waals surface area contributed by atoms with Gasteiger partial charge in [0.15, 0.2) is 5.78 Å². The normalized spacial score (nSPS) is 10.1. The molecule has 0 aliphatic heterocycles. The molecule has 0 heterocycles. The number of rotatable bonds is 5. The standard InChI is InChI=1S/C8H12O2/c1-3-6-10-7-4-5-8(2)9/h3-5H,1,6-7H2,2H3. The molecule has 0 spiro atoms. The highest BCUT2D eigenvalue weighted by atomic mass is 16.5. The van der Waals surface area contributed by atoms with Crippen LogP contribution >= 0.6 is 0 Å². The van der Waals surface area contributed by atoms with E-state index in [1.807, 2.05) is 0 Å². The largest absolute Gasteiger partial charge is 0.373 e. The first-order valence-electron chi connectivity index (χ1n) is 3.13. The molecular formula is C8H12O2. The van der Waals surface area contributed by atoms with Gasteiger partial charge in [-0.25, -0.2) is 0 Å². The molecule has 0 saturated heterocycles. The minimum atomic E-state index is 0.0437. The van der Waals surface area contributed by atoms with E-state index in [-0.39, 0.29) is 5.78 Å². The van der Waals surface area contributed by atoms with Gasteiger partial charge in [0, 0.05) is 0 Å². The third kappa shape index (κ3) is 7.11. The highest BCUT2D eigenvalue weighted by Crippen LogP contribution is 1.79. The van der Waals surface area contributed by atoms with E-state index < -0.39 is 0 Å². The molecule has 0 fully saturated rings. The molecule has 0 unspecified atom stereocenters. The lowest BCUT2D eigenvalue weighted by Gasteiger charge is -1.91. The molecule has 0 aromatic carbocycles. The predicted octanol–water partition coefficient (Wildman–Crippen LogP) is 1.33. The van der Waals surface area contributed by atoms with E-state index in [4.69, 9.17) is 4.74 Å². The second-order valence-corrected chi connectivity index (χ2v) is 1.84. The Kier molecular flexibility index (Phi) is 5.68. The van der Waals surface area contributed by atoms with Gasteiger partial charge in [0.25, 0.3) is 0 Å². The van der Waals surface area contributed by atoms with Crippen molar-refractivity contribution in [1.29, 1.82) is 0 Å². The first-order chi connectivity index (χ1) is 4.77. The summed E-state index contributed by atoms with van der Waals surface area (Å²) < 4.78 is 4.98. The van der Waals surface area contributed by atoms with Gasteiger partial charge in [-0.15, -0.1) is 6.58 Å². The lowest BCUT2D eigenvalue weighted by Crippen LogP contribution is -1.90. The zero-order chi connectivity index (χ0) is 7.82. The van der Waals surface area contributed by atoms with Crippen LogP contribution in [-0.4, -0.2) is 19.0 Å². The summed E-state index contributed by atoms with van der Waals surface area (Å²) in [7, 11) is 0. The number of carbonyl (C=O) groups is 1. The van der Waals surface area contributed by atoms with Gasteiger partial charge in [0.05, 0.1) is 13.2 Å². The fourth-order valence-electron chi connectivity index (χ4n) is 0.433. The molecule has 0 aromatic rings. The average molecular weight is 140 g/mol. The minimum absolute atomic E-state index is 0.0437. The minimum Gasteiger partial charge on any atom is -0.373 e. The van der Waals surface area contributed by atoms with Crippen LogP contribution in [0.3, 0.4) is 0 Å². The van der Waals surface area contributed by atoms with Crippen molar-refractivity contribution in [1.82, 2.24) is 0 Å². The molecular weight excluding hydrogens is 128 g/mol. The molecule has 0 aromatic heterocycles. The van der Waals surface area contributed by atoms with Crippen LogP contribution in [-0.2, 0) is 9.53 Å². The topological polar surface area (TPSA) is 26.3 Å². The molecule has 0 rings (SSSR count). The first-order valence-corrected chi connectivity index (χ1v) is 3.13. The summed E-state index contributed by atoms with van der Waals surface area (Å²) >= 11 is 0. The van der Waals surface area contributed by atoms with E-state index in [0.717, 1.165) is 0 Å². The van der Waals surface area contributed by atoms with Crippen molar-refractivity contribution >= 4 is 5.78 Å². The van der Waals surface area contributed by atoms with E-state index in [9.17, 15) is 4.79 Å². The highest BCUT2D eigenvalue weighted by molar-refractivity contribution is 5.87. The van der Waals surface area contributed by atoms with Crippen LogP contribution in [0.1, 0.15) is 6.92 Å². The van der Waals surface area contributed by atoms with Gasteiger partial charge in [-0.05, 0) is 13.0 Å². The van der Waals surface area contributed by atoms with Gasteiger partial charge in [-0.3, -0.25) is 4.79 Å². The molecule has 0 bridgehead atoms. The van der Waals surface area contributed by atoms with Crippen molar-refractivity contribution in [2.45, 2.75) is 6.92 Å². The molecule has 56 valence electrons. The Morgan fingerprint density at radius 3 is 2.80 bits per heavy atom. The number of carbonyl (C=O) groups excluding carboxylic acids is 1. The van der Waals surface area contributed by atoms with Crippen LogP contribution < -0.4 is 0 Å². The second kappa shape index (κ2) is 6.23. The Bertz CT molecular complexity index is 136. The summed E-state index contributed by atoms with van der Waals surface area (Å²) in [5.74, 6) is 0.0437. The van der Waals surface area contributed by atoms with Crippen molar-refractivity contribution in [3.05, 3.63) is 24.8 Å². The summed E-state index contributed by atoms with van der Waals surface area (Å²) in [6, 6.07) is 0. The smallest absolute Gasteiger partial charge is 0.152 e. The van der Waals surface area contributed by atoms with Gasteiger partial charge in [0.2, 0.25) is 0 Å². The number of allylic oxidation sites excluding steroid dienone is 1. The maximum Gasteiger partial charge on any atom is 0.152 e. The van der Waals surface area contributed by atoms with Crippen LogP contribution in [0.15, 0.2) is 24.8 Å². The van der Waals surface area contributed by atoms with Crippen molar-refractivity contribution in [3.63, 3.8) is 0 Å². The van der Waals surface area contributed by atoms with Crippen molar-refractivity contribution in [2.24, 2.45) is 0 Å². The quantitative estimate of drug-likeness (QED) is 0.327. The van der Waals surface area contributed by atoms with E-state index >= 15 is 0 Å². The van der Waals surface area contributed by atoms with Gasteiger partial charge in [-0.2, -0.15) is 0 Å². The van der Waals surface area contributed by atoms with Crippen LogP contribution in [0.2, 0.25) is 0 Å². The third-order valence-electron chi connectivity index (χ3n) is 0.802. The molecule has 0 amide bonds. The molecule has 0 radical (unpaired) electrons. The maximum absolute atomic E-state index is 10.3. The Labute approximate surface area is 61.2 Å². The summed E-state index contributed by atoms with van der Waals surface area (Å²) in [6.45, 7) is 5.99. The molecule has 0 atom stereocenters. The van der Waals surface area contributed by atoms with Crippen molar-refractivity contribution in [3.8, 4) is 0 Å². The molecule has 2 heteroatoms. The van der Waals surface area contributed by atoms with E-state index in [1.54, 1.807) is 12.2 Å². The zero-order valence-corrected chi connectivity index (χ0v) is 6.17. The number of hydrogen-bond donors (Lipinski definition) is 0. The van der Waals surface area contributed by atoms with Crippen LogP contribution in [0.25, 0.3) is 0 Å². The van der Waals surface area contributed by atoms with E-state index in [0.29, 0.717) is 13.2 Å². The molecule has 0 aliphatic carbocycles. The average Bonchev–Trinajstić information content (AvgIpc) is 1.87. The Morgan fingerprint density at radius 1 is 1.60 bits per heavy atom. The summed E-state index contributed by atoms with van der Waals surface area (Å²) in [4.78, 5) is 10.3. The Morgan fingerprint density at radius 2 is 2.30 bits per heavy atom. The van der Waals surface area contributed by atoms with E-state index in [2.05, 4.69) is 6.58 Å². The molecule has 2 nitrogen and oxygen atoms in total. The SMILES string of the molecule is C=CCOCC=CC(C)=O. The van der Waals surface area contributed by atoms with Gasteiger partial charge >= 0.3 is 0 Å². The fourth-order valence-corrected chi connectivity index (χ4v) is 0.433. The van der Waals surface area contributed by atoms with Crippen molar-refractivity contribution in [2.75, 3.05) is 13.2 Å². The summed E-state index contributed by atoms with van der Waals surface area (Å²) in [6.07, 6.45) is 4.84. The maximum atomic E-state index is 10.3. The molecule has 0 aliphatic rings. The number of ether oxygens (including phenoxy) is 1. The van der Waals surface area contributed by atoms with Gasteiger partial charge in [0.1, 0.15) is 0 Å². The Balaban J connectivity index is 3.18. The second-order valence-electron chi connectivity index (χ2n) is 1.84. The first kappa shape index (κ1) is 9.11. The highest BCUT2D eigenvalue weighted by Gasteiger charge is 1.80. The van der Waals surface area contributed by atoms with Crippen LogP contribution in [0, 0.1) is 0 Å². The predicted molar refractivity (Wildman–Crippen MR) is 40.8 cm³/mol. The fraction of sp³-hybridized carbons (Fsp3) is 0.375. The molecule has 10 heavy (non-hydrogen) atoms.